The van der Waals surface area contributed by atoms with Gasteiger partial charge >= 0.3 is 0 Å². The van der Waals surface area contributed by atoms with Crippen LogP contribution >= 0.6 is 11.6 Å². The van der Waals surface area contributed by atoms with Crippen molar-refractivity contribution in [2.75, 3.05) is 6.61 Å². The molecule has 0 spiro atoms. The normalized spacial score (nSPS) is 12.2. The molecule has 0 heterocycles. The molecule has 0 bridgehead atoms. The van der Waals surface area contributed by atoms with Gasteiger partial charge in [-0.3, -0.25) is 0 Å². The maximum Gasteiger partial charge on any atom is 0.124 e. The number of rotatable bonds is 5. The first kappa shape index (κ1) is 12.1. The summed E-state index contributed by atoms with van der Waals surface area (Å²) >= 11 is 5.89. The summed E-state index contributed by atoms with van der Waals surface area (Å²) in [7, 11) is 0. The fourth-order valence-corrected chi connectivity index (χ4v) is 1.44. The molecule has 0 fully saturated rings. The summed E-state index contributed by atoms with van der Waals surface area (Å²) in [5.74, 6) is 0.802. The average Bonchev–Trinajstić information content (AvgIpc) is 2.20. The third-order valence-corrected chi connectivity index (χ3v) is 2.28. The van der Waals surface area contributed by atoms with Crippen LogP contribution in [-0.4, -0.2) is 6.61 Å². The Morgan fingerprint density at radius 3 is 2.93 bits per heavy atom. The van der Waals surface area contributed by atoms with Crippen molar-refractivity contribution in [3.63, 3.8) is 0 Å². The first-order valence-electron chi connectivity index (χ1n) is 4.94. The highest BCUT2D eigenvalue weighted by Gasteiger charge is 2.08. The summed E-state index contributed by atoms with van der Waals surface area (Å²) in [4.78, 5) is 0. The summed E-state index contributed by atoms with van der Waals surface area (Å²) in [5, 5.41) is 0.679. The maximum atomic E-state index is 5.89. The summed E-state index contributed by atoms with van der Waals surface area (Å²) in [6, 6.07) is 5.42. The zero-order chi connectivity index (χ0) is 11.3. The largest absolute Gasteiger partial charge is 0.493 e. The van der Waals surface area contributed by atoms with Crippen LogP contribution in [0.3, 0.4) is 0 Å². The molecule has 2 N–H and O–H groups in total. The van der Waals surface area contributed by atoms with Crippen molar-refractivity contribution in [2.45, 2.75) is 19.4 Å². The average molecular weight is 226 g/mol. The molecule has 0 aliphatic heterocycles. The zero-order valence-electron chi connectivity index (χ0n) is 8.87. The topological polar surface area (TPSA) is 35.2 Å². The quantitative estimate of drug-likeness (QED) is 0.616. The van der Waals surface area contributed by atoms with Gasteiger partial charge in [0.1, 0.15) is 5.75 Å². The molecule has 2 nitrogen and oxygen atoms in total. The minimum absolute atomic E-state index is 0.0811. The first-order valence-corrected chi connectivity index (χ1v) is 5.31. The van der Waals surface area contributed by atoms with Crippen molar-refractivity contribution < 1.29 is 4.74 Å². The van der Waals surface area contributed by atoms with E-state index in [1.807, 2.05) is 25.1 Å². The number of hydrogen-bond donors (Lipinski definition) is 1. The van der Waals surface area contributed by atoms with Crippen molar-refractivity contribution in [1.82, 2.24) is 0 Å². The van der Waals surface area contributed by atoms with E-state index in [4.69, 9.17) is 22.1 Å². The molecule has 1 rings (SSSR count). The van der Waals surface area contributed by atoms with Gasteiger partial charge in [-0.05, 0) is 31.5 Å². The Labute approximate surface area is 95.7 Å². The molecule has 0 radical (unpaired) electrons. The van der Waals surface area contributed by atoms with Crippen LogP contribution in [0.25, 0.3) is 0 Å². The van der Waals surface area contributed by atoms with Crippen LogP contribution in [0.15, 0.2) is 30.9 Å². The second-order valence-electron chi connectivity index (χ2n) is 3.40. The smallest absolute Gasteiger partial charge is 0.124 e. The summed E-state index contributed by atoms with van der Waals surface area (Å²) < 4.78 is 5.58. The third-order valence-electron chi connectivity index (χ3n) is 2.04. The molecule has 1 aromatic carbocycles. The van der Waals surface area contributed by atoms with Gasteiger partial charge in [-0.25, -0.2) is 0 Å². The number of hydrogen-bond acceptors (Lipinski definition) is 2. The lowest BCUT2D eigenvalue weighted by Crippen LogP contribution is -2.08. The molecule has 0 aromatic heterocycles. The first-order chi connectivity index (χ1) is 7.15. The molecule has 0 saturated carbocycles. The second kappa shape index (κ2) is 5.79. The molecule has 82 valence electrons. The van der Waals surface area contributed by atoms with Crippen LogP contribution in [0.4, 0.5) is 0 Å². The molecule has 0 amide bonds. The Hall–Kier alpha value is -0.990. The molecule has 0 saturated heterocycles. The van der Waals surface area contributed by atoms with Gasteiger partial charge in [0, 0.05) is 16.6 Å². The zero-order valence-corrected chi connectivity index (χ0v) is 9.63. The fourth-order valence-electron chi connectivity index (χ4n) is 1.26. The molecule has 15 heavy (non-hydrogen) atoms. The van der Waals surface area contributed by atoms with E-state index in [0.29, 0.717) is 11.6 Å². The molecule has 3 heteroatoms. The highest BCUT2D eigenvalue weighted by molar-refractivity contribution is 6.30. The summed E-state index contributed by atoms with van der Waals surface area (Å²) in [6.45, 7) is 6.16. The molecule has 1 aromatic rings. The Bertz CT molecular complexity index is 336. The van der Waals surface area contributed by atoms with Gasteiger partial charge in [0.05, 0.1) is 6.61 Å². The Morgan fingerprint density at radius 2 is 2.33 bits per heavy atom. The van der Waals surface area contributed by atoms with Gasteiger partial charge in [-0.15, -0.1) is 6.58 Å². The minimum Gasteiger partial charge on any atom is -0.493 e. The Kier molecular flexibility index (Phi) is 4.66. The van der Waals surface area contributed by atoms with E-state index in [9.17, 15) is 0 Å². The van der Waals surface area contributed by atoms with E-state index < -0.39 is 0 Å². The molecule has 0 unspecified atom stereocenters. The second-order valence-corrected chi connectivity index (χ2v) is 3.83. The minimum atomic E-state index is -0.0811. The highest BCUT2D eigenvalue weighted by Crippen LogP contribution is 2.27. The van der Waals surface area contributed by atoms with Crippen LogP contribution in [0.2, 0.25) is 5.02 Å². The third kappa shape index (κ3) is 3.57. The van der Waals surface area contributed by atoms with Gasteiger partial charge < -0.3 is 10.5 Å². The molecule has 1 atom stereocenters. The fraction of sp³-hybridized carbons (Fsp3) is 0.333. The van der Waals surface area contributed by atoms with E-state index in [-0.39, 0.29) is 6.04 Å². The summed E-state index contributed by atoms with van der Waals surface area (Å²) in [6.07, 6.45) is 2.64. The van der Waals surface area contributed by atoms with Crippen LogP contribution in [-0.2, 0) is 0 Å². The number of halogens is 1. The standard InChI is InChI=1S/C12H16ClNO/c1-3-4-7-15-12-6-5-10(13)8-11(12)9(2)14/h3,5-6,8-9H,1,4,7,14H2,2H3/t9-/m1/s1. The van der Waals surface area contributed by atoms with Crippen molar-refractivity contribution >= 4 is 11.6 Å². The predicted molar refractivity (Wildman–Crippen MR) is 64.4 cm³/mol. The lowest BCUT2D eigenvalue weighted by Gasteiger charge is -2.13. The molecule has 0 aliphatic rings. The molecular weight excluding hydrogens is 210 g/mol. The molecular formula is C12H16ClNO. The van der Waals surface area contributed by atoms with Crippen molar-refractivity contribution in [3.8, 4) is 5.75 Å². The monoisotopic (exact) mass is 225 g/mol. The van der Waals surface area contributed by atoms with Gasteiger partial charge in [-0.2, -0.15) is 0 Å². The number of ether oxygens (including phenoxy) is 1. The summed E-state index contributed by atoms with van der Waals surface area (Å²) in [5.41, 5.74) is 6.77. The lowest BCUT2D eigenvalue weighted by molar-refractivity contribution is 0.320. The van der Waals surface area contributed by atoms with Gasteiger partial charge in [0.15, 0.2) is 0 Å². The van der Waals surface area contributed by atoms with Gasteiger partial charge in [0.2, 0.25) is 0 Å². The van der Waals surface area contributed by atoms with E-state index in [1.165, 1.54) is 0 Å². The van der Waals surface area contributed by atoms with Crippen molar-refractivity contribution in [2.24, 2.45) is 5.73 Å². The predicted octanol–water partition coefficient (Wildman–Crippen LogP) is 3.31. The maximum absolute atomic E-state index is 5.89. The Balaban J connectivity index is 2.81. The number of nitrogens with two attached hydrogens (primary N) is 1. The lowest BCUT2D eigenvalue weighted by atomic mass is 10.1. The molecule has 0 aliphatic carbocycles. The van der Waals surface area contributed by atoms with E-state index in [0.717, 1.165) is 17.7 Å². The van der Waals surface area contributed by atoms with Crippen molar-refractivity contribution in [3.05, 3.63) is 41.4 Å². The van der Waals surface area contributed by atoms with E-state index in [1.54, 1.807) is 6.07 Å². The van der Waals surface area contributed by atoms with Crippen LogP contribution < -0.4 is 10.5 Å². The van der Waals surface area contributed by atoms with Crippen LogP contribution in [0, 0.1) is 0 Å². The van der Waals surface area contributed by atoms with Crippen LogP contribution in [0.5, 0.6) is 5.75 Å². The SMILES string of the molecule is C=CCCOc1ccc(Cl)cc1[C@@H](C)N. The highest BCUT2D eigenvalue weighted by atomic mass is 35.5. The van der Waals surface area contributed by atoms with E-state index in [2.05, 4.69) is 6.58 Å². The van der Waals surface area contributed by atoms with Gasteiger partial charge in [-0.1, -0.05) is 17.7 Å². The Morgan fingerprint density at radius 1 is 1.60 bits per heavy atom. The van der Waals surface area contributed by atoms with E-state index >= 15 is 0 Å². The van der Waals surface area contributed by atoms with Crippen LogP contribution in [0.1, 0.15) is 24.9 Å². The van der Waals surface area contributed by atoms with Gasteiger partial charge in [0.25, 0.3) is 0 Å². The number of benzene rings is 1. The van der Waals surface area contributed by atoms with Crippen molar-refractivity contribution in [1.29, 1.82) is 0 Å².